The van der Waals surface area contributed by atoms with Crippen molar-refractivity contribution in [2.45, 2.75) is 39.7 Å². The largest absolute Gasteiger partial charge is 0.497 e. The average Bonchev–Trinajstić information content (AvgIpc) is 3.14. The minimum absolute atomic E-state index is 0.289. The Bertz CT molecular complexity index is 1350. The molecule has 3 aromatic carbocycles. The molecule has 0 N–H and O–H groups in total. The van der Waals surface area contributed by atoms with E-state index < -0.39 is 0 Å². The lowest BCUT2D eigenvalue weighted by atomic mass is 9.71. The molecule has 5 rings (SSSR count). The molecular weight excluding hydrogens is 416 g/mol. The number of methoxy groups -OCH3 is 1. The standard InChI is InChI=1S/C31H32N2O/c1-20(2)27-14-6-7-19-31(27,21(3)4)33-30-26-13-9-11-22-10-8-12-25(28(22)26)29(30)32-23-15-17-24(34-5)18-16-23/h6-18,20-21H,19H2,1-5H3. The molecule has 0 bridgehead atoms. The summed E-state index contributed by atoms with van der Waals surface area (Å²) in [5.74, 6) is 1.59. The number of nitrogens with zero attached hydrogens (tertiary/aromatic N) is 2. The van der Waals surface area contributed by atoms with Crippen LogP contribution >= 0.6 is 0 Å². The molecule has 0 aromatic heterocycles. The molecule has 2 aliphatic rings. The van der Waals surface area contributed by atoms with Gasteiger partial charge in [-0.2, -0.15) is 0 Å². The van der Waals surface area contributed by atoms with Crippen LogP contribution in [0.15, 0.2) is 94.4 Å². The predicted octanol–water partition coefficient (Wildman–Crippen LogP) is 7.71. The minimum Gasteiger partial charge on any atom is -0.497 e. The van der Waals surface area contributed by atoms with Crippen molar-refractivity contribution in [3.8, 4) is 5.75 Å². The van der Waals surface area contributed by atoms with Crippen molar-refractivity contribution in [1.29, 1.82) is 0 Å². The molecule has 0 amide bonds. The number of aliphatic imine (C=N–C) groups is 2. The van der Waals surface area contributed by atoms with Gasteiger partial charge in [0.2, 0.25) is 0 Å². The summed E-state index contributed by atoms with van der Waals surface area (Å²) in [6.45, 7) is 9.14. The maximum atomic E-state index is 5.66. The van der Waals surface area contributed by atoms with Gasteiger partial charge in [0, 0.05) is 16.5 Å². The van der Waals surface area contributed by atoms with Gasteiger partial charge in [0.15, 0.2) is 0 Å². The fourth-order valence-corrected chi connectivity index (χ4v) is 5.38. The highest BCUT2D eigenvalue weighted by atomic mass is 16.5. The van der Waals surface area contributed by atoms with Gasteiger partial charge in [-0.15, -0.1) is 0 Å². The van der Waals surface area contributed by atoms with Crippen LogP contribution < -0.4 is 4.74 Å². The van der Waals surface area contributed by atoms with Crippen LogP contribution in [0.3, 0.4) is 0 Å². The molecule has 0 spiro atoms. The summed E-state index contributed by atoms with van der Waals surface area (Å²) in [5, 5.41) is 2.47. The molecule has 0 saturated carbocycles. The maximum absolute atomic E-state index is 5.66. The van der Waals surface area contributed by atoms with Crippen LogP contribution in [0.1, 0.15) is 45.2 Å². The molecule has 3 heteroatoms. The first-order chi connectivity index (χ1) is 16.4. The third kappa shape index (κ3) is 3.60. The second-order valence-electron chi connectivity index (χ2n) is 9.82. The van der Waals surface area contributed by atoms with Gasteiger partial charge in [-0.3, -0.25) is 4.99 Å². The van der Waals surface area contributed by atoms with E-state index >= 15 is 0 Å². The number of hydrogen-bond donors (Lipinski definition) is 0. The van der Waals surface area contributed by atoms with E-state index in [4.69, 9.17) is 14.7 Å². The summed E-state index contributed by atoms with van der Waals surface area (Å²) in [7, 11) is 1.68. The summed E-state index contributed by atoms with van der Waals surface area (Å²) < 4.78 is 5.35. The fourth-order valence-electron chi connectivity index (χ4n) is 5.38. The smallest absolute Gasteiger partial charge is 0.119 e. The first kappa shape index (κ1) is 22.3. The van der Waals surface area contributed by atoms with E-state index in [0.29, 0.717) is 11.8 Å². The number of benzene rings is 3. The van der Waals surface area contributed by atoms with Crippen molar-refractivity contribution in [3.05, 3.63) is 95.6 Å². The van der Waals surface area contributed by atoms with Crippen molar-refractivity contribution < 1.29 is 4.74 Å². The van der Waals surface area contributed by atoms with Gasteiger partial charge in [0.05, 0.1) is 29.8 Å². The quantitative estimate of drug-likeness (QED) is 0.393. The average molecular weight is 449 g/mol. The normalized spacial score (nSPS) is 21.8. The van der Waals surface area contributed by atoms with Crippen LogP contribution in [0.2, 0.25) is 0 Å². The van der Waals surface area contributed by atoms with E-state index in [2.05, 4.69) is 82.3 Å². The van der Waals surface area contributed by atoms with Crippen LogP contribution in [-0.4, -0.2) is 24.1 Å². The molecule has 0 saturated heterocycles. The second-order valence-corrected chi connectivity index (χ2v) is 9.82. The fraction of sp³-hybridized carbons (Fsp3) is 0.290. The summed E-state index contributed by atoms with van der Waals surface area (Å²) in [6, 6.07) is 20.9. The van der Waals surface area contributed by atoms with E-state index in [-0.39, 0.29) is 5.54 Å². The Morgan fingerprint density at radius 1 is 0.853 bits per heavy atom. The number of ether oxygens (including phenoxy) is 1. The zero-order valence-electron chi connectivity index (χ0n) is 20.7. The molecule has 0 heterocycles. The molecule has 172 valence electrons. The monoisotopic (exact) mass is 448 g/mol. The summed E-state index contributed by atoms with van der Waals surface area (Å²) in [6.07, 6.45) is 7.63. The van der Waals surface area contributed by atoms with Crippen molar-refractivity contribution in [1.82, 2.24) is 0 Å². The third-order valence-corrected chi connectivity index (χ3v) is 7.18. The highest BCUT2D eigenvalue weighted by Crippen LogP contribution is 2.43. The molecule has 1 unspecified atom stereocenters. The zero-order chi connectivity index (χ0) is 23.9. The van der Waals surface area contributed by atoms with Gasteiger partial charge in [-0.1, -0.05) is 82.3 Å². The van der Waals surface area contributed by atoms with Crippen molar-refractivity contribution in [2.24, 2.45) is 21.8 Å². The highest BCUT2D eigenvalue weighted by molar-refractivity contribution is 6.61. The molecule has 0 radical (unpaired) electrons. The van der Waals surface area contributed by atoms with Gasteiger partial charge in [0.25, 0.3) is 0 Å². The van der Waals surface area contributed by atoms with Gasteiger partial charge in [-0.05, 0) is 53.5 Å². The van der Waals surface area contributed by atoms with Crippen LogP contribution in [0.25, 0.3) is 10.8 Å². The van der Waals surface area contributed by atoms with Crippen LogP contribution in [-0.2, 0) is 0 Å². The molecule has 0 fully saturated rings. The highest BCUT2D eigenvalue weighted by Gasteiger charge is 2.40. The van der Waals surface area contributed by atoms with E-state index in [1.807, 2.05) is 24.3 Å². The molecule has 3 aromatic rings. The lowest BCUT2D eigenvalue weighted by molar-refractivity contribution is 0.342. The van der Waals surface area contributed by atoms with Crippen molar-refractivity contribution in [3.63, 3.8) is 0 Å². The lowest BCUT2D eigenvalue weighted by Crippen LogP contribution is -2.40. The van der Waals surface area contributed by atoms with Gasteiger partial charge >= 0.3 is 0 Å². The van der Waals surface area contributed by atoms with Crippen LogP contribution in [0, 0.1) is 11.8 Å². The molecular formula is C31H32N2O. The molecule has 34 heavy (non-hydrogen) atoms. The van der Waals surface area contributed by atoms with E-state index in [1.165, 1.54) is 21.9 Å². The van der Waals surface area contributed by atoms with Gasteiger partial charge in [0.1, 0.15) is 5.75 Å². The van der Waals surface area contributed by atoms with Gasteiger partial charge in [-0.25, -0.2) is 4.99 Å². The third-order valence-electron chi connectivity index (χ3n) is 7.18. The summed E-state index contributed by atoms with van der Waals surface area (Å²) in [5.41, 5.74) is 6.29. The molecule has 0 aliphatic heterocycles. The number of hydrogen-bond acceptors (Lipinski definition) is 3. The van der Waals surface area contributed by atoms with Crippen LogP contribution in [0.5, 0.6) is 5.75 Å². The Kier molecular flexibility index (Phi) is 5.73. The molecule has 3 nitrogen and oxygen atoms in total. The summed E-state index contributed by atoms with van der Waals surface area (Å²) in [4.78, 5) is 10.8. The Hall–Kier alpha value is -3.46. The Morgan fingerprint density at radius 3 is 2.15 bits per heavy atom. The van der Waals surface area contributed by atoms with E-state index in [9.17, 15) is 0 Å². The Balaban J connectivity index is 1.77. The number of rotatable bonds is 5. The minimum atomic E-state index is -0.289. The molecule has 1 atom stereocenters. The Labute approximate surface area is 202 Å². The first-order valence-electron chi connectivity index (χ1n) is 12.2. The molecule has 2 aliphatic carbocycles. The first-order valence-corrected chi connectivity index (χ1v) is 12.2. The van der Waals surface area contributed by atoms with Crippen molar-refractivity contribution in [2.75, 3.05) is 7.11 Å². The van der Waals surface area contributed by atoms with E-state index in [0.717, 1.165) is 34.8 Å². The van der Waals surface area contributed by atoms with Crippen molar-refractivity contribution >= 4 is 27.9 Å². The Morgan fingerprint density at radius 2 is 1.53 bits per heavy atom. The predicted molar refractivity (Wildman–Crippen MR) is 144 cm³/mol. The number of allylic oxidation sites excluding steroid dienone is 2. The van der Waals surface area contributed by atoms with E-state index in [1.54, 1.807) is 7.11 Å². The summed E-state index contributed by atoms with van der Waals surface area (Å²) >= 11 is 0. The lowest BCUT2D eigenvalue weighted by Gasteiger charge is -2.40. The maximum Gasteiger partial charge on any atom is 0.119 e. The second kappa shape index (κ2) is 8.72. The SMILES string of the molecule is COc1ccc(N=C2C(=NC3(C(C)C)CC=CC=C3C(C)C)c3cccc4cccc2c34)cc1. The van der Waals surface area contributed by atoms with Crippen LogP contribution in [0.4, 0.5) is 5.69 Å². The topological polar surface area (TPSA) is 34.0 Å². The van der Waals surface area contributed by atoms with Gasteiger partial charge < -0.3 is 4.74 Å². The zero-order valence-corrected chi connectivity index (χ0v) is 20.7.